The molecule has 0 amide bonds. The van der Waals surface area contributed by atoms with Gasteiger partial charge in [-0.25, -0.2) is 0 Å². The Hall–Kier alpha value is -0.110. The van der Waals surface area contributed by atoms with Crippen LogP contribution in [0.4, 0.5) is 4.39 Å². The van der Waals surface area contributed by atoms with Gasteiger partial charge in [-0.15, -0.1) is 0 Å². The van der Waals surface area contributed by atoms with Crippen molar-refractivity contribution in [3.8, 4) is 0 Å². The van der Waals surface area contributed by atoms with E-state index in [2.05, 4.69) is 18.9 Å². The smallest absolute Gasteiger partial charge is 0.0963 e. The van der Waals surface area contributed by atoms with Crippen molar-refractivity contribution in [3.63, 3.8) is 0 Å². The minimum absolute atomic E-state index is 0.00868. The maximum Gasteiger partial charge on any atom is 0.0963 e. The highest BCUT2D eigenvalue weighted by Gasteiger charge is 2.34. The fourth-order valence-electron chi connectivity index (χ4n) is 1.65. The van der Waals surface area contributed by atoms with Crippen molar-refractivity contribution < 1.29 is 4.39 Å². The Morgan fingerprint density at radius 2 is 2.30 bits per heavy atom. The molecule has 0 radical (unpaired) electrons. The van der Waals surface area contributed by atoms with Crippen LogP contribution in [0.1, 0.15) is 19.8 Å². The molecule has 0 N–H and O–H groups in total. The molecule has 1 nitrogen and oxygen atoms in total. The van der Waals surface area contributed by atoms with E-state index in [4.69, 9.17) is 0 Å². The minimum atomic E-state index is -0.145. The second-order valence-electron chi connectivity index (χ2n) is 3.47. The zero-order valence-electron chi connectivity index (χ0n) is 6.86. The lowest BCUT2D eigenvalue weighted by atomic mass is 9.86. The molecule has 1 unspecified atom stereocenters. The number of hydrogen-bond acceptors (Lipinski definition) is 1. The number of hydrogen-bond donors (Lipinski definition) is 0. The highest BCUT2D eigenvalue weighted by atomic mass is 19.1. The van der Waals surface area contributed by atoms with Crippen LogP contribution in [0, 0.1) is 5.41 Å². The standard InChI is InChI=1S/C8H16FN/c1-3-8(6-9)4-5-10(2)7-8/h3-7H2,1-2H3. The van der Waals surface area contributed by atoms with Gasteiger partial charge in [-0.05, 0) is 26.4 Å². The van der Waals surface area contributed by atoms with Crippen LogP contribution in [0.15, 0.2) is 0 Å². The van der Waals surface area contributed by atoms with Crippen molar-refractivity contribution in [2.45, 2.75) is 19.8 Å². The van der Waals surface area contributed by atoms with Gasteiger partial charge in [0.2, 0.25) is 0 Å². The minimum Gasteiger partial charge on any atom is -0.306 e. The Labute approximate surface area is 62.2 Å². The molecule has 1 atom stereocenters. The van der Waals surface area contributed by atoms with Crippen molar-refractivity contribution in [1.82, 2.24) is 4.90 Å². The molecule has 1 fully saturated rings. The third kappa shape index (κ3) is 1.31. The summed E-state index contributed by atoms with van der Waals surface area (Å²) in [5.41, 5.74) is 0.00868. The third-order valence-electron chi connectivity index (χ3n) is 2.66. The Kier molecular flexibility index (Phi) is 2.29. The molecule has 1 aliphatic heterocycles. The van der Waals surface area contributed by atoms with E-state index in [1.165, 1.54) is 0 Å². The normalized spacial score (nSPS) is 35.1. The molecule has 0 aromatic carbocycles. The van der Waals surface area contributed by atoms with Crippen molar-refractivity contribution >= 4 is 0 Å². The van der Waals surface area contributed by atoms with Crippen molar-refractivity contribution in [1.29, 1.82) is 0 Å². The first-order valence-electron chi connectivity index (χ1n) is 3.97. The summed E-state index contributed by atoms with van der Waals surface area (Å²) in [6, 6.07) is 0. The van der Waals surface area contributed by atoms with E-state index in [1.807, 2.05) is 0 Å². The first-order chi connectivity index (χ1) is 4.72. The van der Waals surface area contributed by atoms with Gasteiger partial charge in [0.15, 0.2) is 0 Å². The molecule has 10 heavy (non-hydrogen) atoms. The molecule has 2 heteroatoms. The largest absolute Gasteiger partial charge is 0.306 e. The summed E-state index contributed by atoms with van der Waals surface area (Å²) in [5, 5.41) is 0. The van der Waals surface area contributed by atoms with Crippen LogP contribution in [0.25, 0.3) is 0 Å². The molecule has 1 heterocycles. The summed E-state index contributed by atoms with van der Waals surface area (Å²) in [7, 11) is 2.06. The number of rotatable bonds is 2. The number of halogens is 1. The van der Waals surface area contributed by atoms with Crippen molar-refractivity contribution in [2.24, 2.45) is 5.41 Å². The Balaban J connectivity index is 2.51. The molecule has 60 valence electrons. The highest BCUT2D eigenvalue weighted by molar-refractivity contribution is 4.86. The van der Waals surface area contributed by atoms with E-state index in [1.54, 1.807) is 0 Å². The molecular weight excluding hydrogens is 129 g/mol. The predicted molar refractivity (Wildman–Crippen MR) is 40.8 cm³/mol. The van der Waals surface area contributed by atoms with Crippen LogP contribution in [-0.2, 0) is 0 Å². The first-order valence-corrected chi connectivity index (χ1v) is 3.97. The molecule has 0 aromatic heterocycles. The highest BCUT2D eigenvalue weighted by Crippen LogP contribution is 2.33. The van der Waals surface area contributed by atoms with Crippen LogP contribution >= 0.6 is 0 Å². The fourth-order valence-corrected chi connectivity index (χ4v) is 1.65. The molecular formula is C8H16FN. The Morgan fingerprint density at radius 3 is 2.50 bits per heavy atom. The Morgan fingerprint density at radius 1 is 1.60 bits per heavy atom. The zero-order chi connectivity index (χ0) is 7.61. The molecule has 0 aromatic rings. The second-order valence-corrected chi connectivity index (χ2v) is 3.47. The average molecular weight is 145 g/mol. The molecule has 1 aliphatic rings. The van der Waals surface area contributed by atoms with Gasteiger partial charge in [-0.1, -0.05) is 6.92 Å². The average Bonchev–Trinajstić information content (AvgIpc) is 2.33. The maximum atomic E-state index is 12.5. The van der Waals surface area contributed by atoms with E-state index < -0.39 is 0 Å². The molecule has 0 spiro atoms. The summed E-state index contributed by atoms with van der Waals surface area (Å²) in [6.07, 6.45) is 2.02. The van der Waals surface area contributed by atoms with Gasteiger partial charge in [0.1, 0.15) is 0 Å². The third-order valence-corrected chi connectivity index (χ3v) is 2.66. The van der Waals surface area contributed by atoms with Crippen LogP contribution in [-0.4, -0.2) is 31.7 Å². The lowest BCUT2D eigenvalue weighted by Crippen LogP contribution is -2.26. The van der Waals surface area contributed by atoms with Crippen molar-refractivity contribution in [2.75, 3.05) is 26.8 Å². The van der Waals surface area contributed by atoms with Crippen LogP contribution in [0.3, 0.4) is 0 Å². The molecule has 0 aliphatic carbocycles. The van der Waals surface area contributed by atoms with E-state index >= 15 is 0 Å². The van der Waals surface area contributed by atoms with E-state index in [0.29, 0.717) is 0 Å². The number of nitrogens with zero attached hydrogens (tertiary/aromatic N) is 1. The van der Waals surface area contributed by atoms with Crippen LogP contribution < -0.4 is 0 Å². The van der Waals surface area contributed by atoms with Gasteiger partial charge in [0, 0.05) is 12.0 Å². The van der Waals surface area contributed by atoms with E-state index in [9.17, 15) is 4.39 Å². The zero-order valence-corrected chi connectivity index (χ0v) is 6.86. The van der Waals surface area contributed by atoms with Gasteiger partial charge in [0.25, 0.3) is 0 Å². The lowest BCUT2D eigenvalue weighted by Gasteiger charge is -2.22. The van der Waals surface area contributed by atoms with E-state index in [-0.39, 0.29) is 12.1 Å². The number of likely N-dealkylation sites (tertiary alicyclic amines) is 1. The van der Waals surface area contributed by atoms with Gasteiger partial charge >= 0.3 is 0 Å². The van der Waals surface area contributed by atoms with Gasteiger partial charge in [-0.2, -0.15) is 0 Å². The molecule has 0 saturated carbocycles. The molecule has 1 rings (SSSR count). The summed E-state index contributed by atoms with van der Waals surface area (Å²) >= 11 is 0. The van der Waals surface area contributed by atoms with Crippen molar-refractivity contribution in [3.05, 3.63) is 0 Å². The van der Waals surface area contributed by atoms with E-state index in [0.717, 1.165) is 25.9 Å². The Bertz CT molecular complexity index is 110. The lowest BCUT2D eigenvalue weighted by molar-refractivity contribution is 0.202. The molecule has 1 saturated heterocycles. The van der Waals surface area contributed by atoms with Crippen LogP contribution in [0.2, 0.25) is 0 Å². The number of alkyl halides is 1. The monoisotopic (exact) mass is 145 g/mol. The summed E-state index contributed by atoms with van der Waals surface area (Å²) in [4.78, 5) is 2.21. The summed E-state index contributed by atoms with van der Waals surface area (Å²) in [6.45, 7) is 3.95. The van der Waals surface area contributed by atoms with Gasteiger partial charge in [-0.3, -0.25) is 4.39 Å². The fraction of sp³-hybridized carbons (Fsp3) is 1.00. The van der Waals surface area contributed by atoms with Gasteiger partial charge < -0.3 is 4.90 Å². The second kappa shape index (κ2) is 2.87. The SMILES string of the molecule is CCC1(CF)CCN(C)C1. The predicted octanol–water partition coefficient (Wildman–Crippen LogP) is 1.69. The van der Waals surface area contributed by atoms with Gasteiger partial charge in [0.05, 0.1) is 6.67 Å². The maximum absolute atomic E-state index is 12.5. The topological polar surface area (TPSA) is 3.24 Å². The molecule has 0 bridgehead atoms. The van der Waals surface area contributed by atoms with Crippen LogP contribution in [0.5, 0.6) is 0 Å². The first kappa shape index (κ1) is 7.99. The quantitative estimate of drug-likeness (QED) is 0.571. The summed E-state index contributed by atoms with van der Waals surface area (Å²) < 4.78 is 12.5. The summed E-state index contributed by atoms with van der Waals surface area (Å²) in [5.74, 6) is 0.